The van der Waals surface area contributed by atoms with Gasteiger partial charge in [-0.3, -0.25) is 19.2 Å². The van der Waals surface area contributed by atoms with Gasteiger partial charge >= 0.3 is 0 Å². The van der Waals surface area contributed by atoms with E-state index in [4.69, 9.17) is 5.73 Å². The number of nitrogen functional groups attached to an aromatic ring is 1. The second kappa shape index (κ2) is 4.24. The van der Waals surface area contributed by atoms with Crippen molar-refractivity contribution in [2.24, 2.45) is 0 Å². The van der Waals surface area contributed by atoms with Gasteiger partial charge in [-0.1, -0.05) is 12.1 Å². The quantitative estimate of drug-likeness (QED) is 0.822. The highest BCUT2D eigenvalue weighted by molar-refractivity contribution is 6.21. The summed E-state index contributed by atoms with van der Waals surface area (Å²) < 4.78 is 1.61. The van der Waals surface area contributed by atoms with Gasteiger partial charge in [-0.2, -0.15) is 5.10 Å². The van der Waals surface area contributed by atoms with Crippen molar-refractivity contribution in [3.05, 3.63) is 47.7 Å². The molecule has 0 atom stereocenters. The smallest absolute Gasteiger partial charge is 0.261 e. The average molecular weight is 256 g/mol. The summed E-state index contributed by atoms with van der Waals surface area (Å²) in [5, 5.41) is 4.02. The normalized spacial score (nSPS) is 14.0. The molecule has 2 aromatic rings. The topological polar surface area (TPSA) is 81.2 Å². The van der Waals surface area contributed by atoms with Gasteiger partial charge in [-0.25, -0.2) is 0 Å². The molecule has 0 radical (unpaired) electrons. The number of rotatable bonds is 3. The number of hydrogen-bond donors (Lipinski definition) is 1. The minimum Gasteiger partial charge on any atom is -0.382 e. The van der Waals surface area contributed by atoms with Crippen molar-refractivity contribution in [2.45, 2.75) is 6.54 Å². The third kappa shape index (κ3) is 1.87. The van der Waals surface area contributed by atoms with Crippen molar-refractivity contribution in [1.29, 1.82) is 0 Å². The molecule has 0 saturated carbocycles. The van der Waals surface area contributed by atoms with Gasteiger partial charge < -0.3 is 5.73 Å². The lowest BCUT2D eigenvalue weighted by Crippen LogP contribution is -2.33. The van der Waals surface area contributed by atoms with E-state index in [1.807, 2.05) is 0 Å². The van der Waals surface area contributed by atoms with Crippen molar-refractivity contribution in [3.63, 3.8) is 0 Å². The highest BCUT2D eigenvalue weighted by atomic mass is 16.2. The van der Waals surface area contributed by atoms with E-state index in [0.717, 1.165) is 0 Å². The molecule has 0 unspecified atom stereocenters. The summed E-state index contributed by atoms with van der Waals surface area (Å²) >= 11 is 0. The summed E-state index contributed by atoms with van der Waals surface area (Å²) in [7, 11) is 0. The number of benzene rings is 1. The maximum Gasteiger partial charge on any atom is 0.261 e. The van der Waals surface area contributed by atoms with E-state index < -0.39 is 0 Å². The Kier molecular flexibility index (Phi) is 2.56. The van der Waals surface area contributed by atoms with E-state index in [-0.39, 0.29) is 18.4 Å². The number of nitrogens with zero attached hydrogens (tertiary/aromatic N) is 3. The monoisotopic (exact) mass is 256 g/mol. The van der Waals surface area contributed by atoms with Gasteiger partial charge in [0.15, 0.2) is 0 Å². The number of anilines is 1. The number of imide groups is 1. The van der Waals surface area contributed by atoms with Crippen molar-refractivity contribution in [1.82, 2.24) is 14.7 Å². The van der Waals surface area contributed by atoms with Gasteiger partial charge in [-0.05, 0) is 18.2 Å². The van der Waals surface area contributed by atoms with Crippen LogP contribution in [-0.2, 0) is 6.54 Å². The van der Waals surface area contributed by atoms with Crippen LogP contribution in [0.5, 0.6) is 0 Å². The number of fused-ring (bicyclic) bond motifs is 1. The van der Waals surface area contributed by atoms with E-state index in [1.54, 1.807) is 41.2 Å². The Bertz CT molecular complexity index is 627. The molecule has 6 heteroatoms. The number of amides is 2. The van der Waals surface area contributed by atoms with Gasteiger partial charge in [0, 0.05) is 12.7 Å². The van der Waals surface area contributed by atoms with Crippen molar-refractivity contribution in [3.8, 4) is 0 Å². The fourth-order valence-electron chi connectivity index (χ4n) is 2.15. The predicted octanol–water partition coefficient (Wildman–Crippen LogP) is 0.762. The minimum absolute atomic E-state index is 0.249. The lowest BCUT2D eigenvalue weighted by atomic mass is 10.1. The maximum atomic E-state index is 12.1. The molecule has 2 amide bonds. The third-order valence-corrected chi connectivity index (χ3v) is 3.09. The van der Waals surface area contributed by atoms with Crippen LogP contribution in [0.4, 0.5) is 5.82 Å². The second-order valence-electron chi connectivity index (χ2n) is 4.31. The minimum atomic E-state index is -0.249. The molecule has 0 fully saturated rings. The number of nitrogens with two attached hydrogens (primary N) is 1. The van der Waals surface area contributed by atoms with E-state index in [1.165, 1.54) is 4.90 Å². The van der Waals surface area contributed by atoms with Gasteiger partial charge in [0.1, 0.15) is 5.82 Å². The zero-order valence-electron chi connectivity index (χ0n) is 10.1. The van der Waals surface area contributed by atoms with E-state index in [2.05, 4.69) is 5.10 Å². The predicted molar refractivity (Wildman–Crippen MR) is 68.4 cm³/mol. The molecule has 0 aliphatic carbocycles. The Hall–Kier alpha value is -2.63. The van der Waals surface area contributed by atoms with Crippen LogP contribution in [0.25, 0.3) is 0 Å². The van der Waals surface area contributed by atoms with Crippen molar-refractivity contribution < 1.29 is 9.59 Å². The number of carbonyl (C=O) groups is 2. The Morgan fingerprint density at radius 1 is 1.00 bits per heavy atom. The summed E-state index contributed by atoms with van der Waals surface area (Å²) in [6, 6.07) is 8.51. The summed E-state index contributed by atoms with van der Waals surface area (Å²) in [4.78, 5) is 25.4. The number of aromatic nitrogens is 2. The molecule has 19 heavy (non-hydrogen) atoms. The molecule has 2 heterocycles. The van der Waals surface area contributed by atoms with Gasteiger partial charge in [0.05, 0.1) is 17.7 Å². The van der Waals surface area contributed by atoms with Crippen LogP contribution in [0.2, 0.25) is 0 Å². The van der Waals surface area contributed by atoms with Crippen molar-refractivity contribution >= 4 is 17.6 Å². The molecule has 0 saturated heterocycles. The summed E-state index contributed by atoms with van der Waals surface area (Å²) in [5.74, 6) is -0.0798. The van der Waals surface area contributed by atoms with Crippen LogP contribution in [0.1, 0.15) is 20.7 Å². The largest absolute Gasteiger partial charge is 0.382 e. The molecule has 2 N–H and O–H groups in total. The lowest BCUT2D eigenvalue weighted by molar-refractivity contribution is 0.0647. The Morgan fingerprint density at radius 2 is 1.63 bits per heavy atom. The van der Waals surface area contributed by atoms with Crippen LogP contribution in [0.15, 0.2) is 36.5 Å². The first-order chi connectivity index (χ1) is 9.16. The molecule has 3 rings (SSSR count). The van der Waals surface area contributed by atoms with Crippen LogP contribution < -0.4 is 5.73 Å². The molecule has 0 spiro atoms. The third-order valence-electron chi connectivity index (χ3n) is 3.09. The van der Waals surface area contributed by atoms with Crippen LogP contribution in [0, 0.1) is 0 Å². The molecule has 1 aromatic heterocycles. The van der Waals surface area contributed by atoms with Gasteiger partial charge in [-0.15, -0.1) is 0 Å². The Labute approximate surface area is 109 Å². The average Bonchev–Trinajstić information content (AvgIpc) is 2.93. The molecular weight excluding hydrogens is 244 g/mol. The molecule has 6 nitrogen and oxygen atoms in total. The van der Waals surface area contributed by atoms with Crippen molar-refractivity contribution in [2.75, 3.05) is 12.3 Å². The van der Waals surface area contributed by atoms with Crippen LogP contribution in [0.3, 0.4) is 0 Å². The van der Waals surface area contributed by atoms with E-state index in [0.29, 0.717) is 23.5 Å². The number of carbonyl (C=O) groups excluding carboxylic acids is 2. The summed E-state index contributed by atoms with van der Waals surface area (Å²) in [5.41, 5.74) is 6.44. The molecule has 1 aliphatic rings. The van der Waals surface area contributed by atoms with Gasteiger partial charge in [0.2, 0.25) is 0 Å². The zero-order valence-corrected chi connectivity index (χ0v) is 10.1. The van der Waals surface area contributed by atoms with Crippen LogP contribution >= 0.6 is 0 Å². The second-order valence-corrected chi connectivity index (χ2v) is 4.31. The fourth-order valence-corrected chi connectivity index (χ4v) is 2.15. The summed E-state index contributed by atoms with van der Waals surface area (Å²) in [6.45, 7) is 0.718. The molecule has 0 bridgehead atoms. The SMILES string of the molecule is Nc1ccn(CCN2C(=O)c3ccccc3C2=O)n1. The van der Waals surface area contributed by atoms with Crippen LogP contribution in [-0.4, -0.2) is 33.0 Å². The van der Waals surface area contributed by atoms with E-state index >= 15 is 0 Å². The summed E-state index contributed by atoms with van der Waals surface area (Å²) in [6.07, 6.45) is 1.72. The first kappa shape index (κ1) is 11.5. The first-order valence-electron chi connectivity index (χ1n) is 5.91. The van der Waals surface area contributed by atoms with E-state index in [9.17, 15) is 9.59 Å². The number of hydrogen-bond acceptors (Lipinski definition) is 4. The molecule has 96 valence electrons. The highest BCUT2D eigenvalue weighted by Gasteiger charge is 2.34. The Morgan fingerprint density at radius 3 is 2.16 bits per heavy atom. The zero-order chi connectivity index (χ0) is 13.4. The standard InChI is InChI=1S/C13H12N4O2/c14-11-5-6-16(15-11)7-8-17-12(18)9-3-1-2-4-10(9)13(17)19/h1-6H,7-8H2,(H2,14,15). The molecule has 1 aromatic carbocycles. The molecular formula is C13H12N4O2. The van der Waals surface area contributed by atoms with Gasteiger partial charge in [0.25, 0.3) is 11.8 Å². The Balaban J connectivity index is 1.77. The lowest BCUT2D eigenvalue weighted by Gasteiger charge is -2.13. The maximum absolute atomic E-state index is 12.1. The highest BCUT2D eigenvalue weighted by Crippen LogP contribution is 2.22. The fraction of sp³-hybridized carbons (Fsp3) is 0.154. The first-order valence-corrected chi connectivity index (χ1v) is 5.91. The molecule has 1 aliphatic heterocycles.